The van der Waals surface area contributed by atoms with Gasteiger partial charge in [0.1, 0.15) is 0 Å². The maximum atomic E-state index is 9.55. The van der Waals surface area contributed by atoms with Gasteiger partial charge in [-0.1, -0.05) is 48.6 Å². The molecule has 0 spiro atoms. The molecule has 1 aromatic carbocycles. The van der Waals surface area contributed by atoms with Gasteiger partial charge in [0.15, 0.2) is 0 Å². The van der Waals surface area contributed by atoms with Crippen LogP contribution in [0.3, 0.4) is 0 Å². The van der Waals surface area contributed by atoms with Crippen molar-refractivity contribution in [3.05, 3.63) is 66.3 Å². The molecule has 0 aliphatic rings. The van der Waals surface area contributed by atoms with Crippen LogP contribution < -0.4 is 0 Å². The van der Waals surface area contributed by atoms with Crippen LogP contribution in [0.2, 0.25) is 0 Å². The quantitative estimate of drug-likeness (QED) is 0.498. The number of hydrogen-bond acceptors (Lipinski definition) is 3. The van der Waals surface area contributed by atoms with Gasteiger partial charge in [-0.2, -0.15) is 5.26 Å². The summed E-state index contributed by atoms with van der Waals surface area (Å²) >= 11 is 0. The van der Waals surface area contributed by atoms with Gasteiger partial charge in [-0.15, -0.1) is 0 Å². The Morgan fingerprint density at radius 1 is 1.00 bits per heavy atom. The van der Waals surface area contributed by atoms with E-state index < -0.39 is 11.9 Å². The van der Waals surface area contributed by atoms with Crippen molar-refractivity contribution >= 4 is 18.0 Å². The lowest BCUT2D eigenvalue weighted by Crippen LogP contribution is -1.91. The number of benzene rings is 1. The number of aliphatic carboxylic acids is 2. The van der Waals surface area contributed by atoms with E-state index in [4.69, 9.17) is 15.5 Å². The Labute approximate surface area is 116 Å². The van der Waals surface area contributed by atoms with Crippen molar-refractivity contribution in [2.75, 3.05) is 0 Å². The zero-order valence-corrected chi connectivity index (χ0v) is 10.5. The summed E-state index contributed by atoms with van der Waals surface area (Å²) in [5.41, 5.74) is 1.14. The van der Waals surface area contributed by atoms with Crippen LogP contribution in [-0.2, 0) is 9.59 Å². The summed E-state index contributed by atoms with van der Waals surface area (Å²) in [7, 11) is 0. The van der Waals surface area contributed by atoms with Gasteiger partial charge in [0, 0.05) is 18.2 Å². The highest BCUT2D eigenvalue weighted by Gasteiger charge is 1.88. The van der Waals surface area contributed by atoms with Crippen molar-refractivity contribution in [2.45, 2.75) is 0 Å². The van der Waals surface area contributed by atoms with Gasteiger partial charge in [0.25, 0.3) is 0 Å². The molecule has 1 aromatic rings. The van der Waals surface area contributed by atoms with Gasteiger partial charge in [-0.25, -0.2) is 9.59 Å². The first-order valence-corrected chi connectivity index (χ1v) is 5.48. The Morgan fingerprint density at radius 3 is 2.00 bits per heavy atom. The Kier molecular flexibility index (Phi) is 9.27. The van der Waals surface area contributed by atoms with E-state index in [2.05, 4.69) is 0 Å². The van der Waals surface area contributed by atoms with Crippen LogP contribution >= 0.6 is 0 Å². The summed E-state index contributed by atoms with van der Waals surface area (Å²) in [5, 5.41) is 23.8. The molecule has 102 valence electrons. The molecule has 0 bridgehead atoms. The molecule has 2 N–H and O–H groups in total. The van der Waals surface area contributed by atoms with Crippen molar-refractivity contribution in [1.82, 2.24) is 0 Å². The predicted octanol–water partition coefficient (Wildman–Crippen LogP) is 2.49. The van der Waals surface area contributed by atoms with Crippen LogP contribution in [0.25, 0.3) is 6.08 Å². The third-order valence-electron chi connectivity index (χ3n) is 1.74. The Bertz CT molecular complexity index is 535. The largest absolute Gasteiger partial charge is 0.478 e. The van der Waals surface area contributed by atoms with Crippen molar-refractivity contribution in [2.24, 2.45) is 0 Å². The molecule has 0 saturated heterocycles. The van der Waals surface area contributed by atoms with Crippen LogP contribution in [0.1, 0.15) is 5.56 Å². The first-order valence-electron chi connectivity index (χ1n) is 5.48. The highest BCUT2D eigenvalue weighted by Crippen LogP contribution is 2.00. The molecule has 20 heavy (non-hydrogen) atoms. The van der Waals surface area contributed by atoms with E-state index in [1.807, 2.05) is 48.6 Å². The van der Waals surface area contributed by atoms with Gasteiger partial charge >= 0.3 is 11.9 Å². The summed E-state index contributed by atoms with van der Waals surface area (Å²) in [6, 6.07) is 11.9. The lowest BCUT2D eigenvalue weighted by molar-refractivity contribution is -0.134. The highest BCUT2D eigenvalue weighted by atomic mass is 16.4. The van der Waals surface area contributed by atoms with Gasteiger partial charge < -0.3 is 10.2 Å². The SMILES string of the molecule is N#CC=CC=Cc1ccccc1.O=C(O)/C=C\C(=O)O. The minimum Gasteiger partial charge on any atom is -0.478 e. The van der Waals surface area contributed by atoms with E-state index in [-0.39, 0.29) is 0 Å². The number of carbonyl (C=O) groups is 2. The third-order valence-corrected chi connectivity index (χ3v) is 1.74. The monoisotopic (exact) mass is 271 g/mol. The van der Waals surface area contributed by atoms with E-state index in [1.165, 1.54) is 6.08 Å². The predicted molar refractivity (Wildman–Crippen MR) is 74.6 cm³/mol. The number of carboxylic acid groups (broad SMARTS) is 2. The second kappa shape index (κ2) is 11.0. The Morgan fingerprint density at radius 2 is 1.55 bits per heavy atom. The van der Waals surface area contributed by atoms with E-state index in [9.17, 15) is 9.59 Å². The van der Waals surface area contributed by atoms with Gasteiger partial charge in [0.05, 0.1) is 6.07 Å². The standard InChI is InChI=1S/C11H9N.C4H4O4/c12-10-6-2-5-9-11-7-3-1-4-8-11;5-3(6)1-2-4(7)8/h1-9H;1-2H,(H,5,6)(H,7,8)/b;2-1-. The minimum absolute atomic E-state index is 0.558. The van der Waals surface area contributed by atoms with Crippen molar-refractivity contribution in [1.29, 1.82) is 5.26 Å². The Balaban J connectivity index is 0.000000396. The maximum Gasteiger partial charge on any atom is 0.328 e. The van der Waals surface area contributed by atoms with Crippen LogP contribution in [0.15, 0.2) is 60.7 Å². The smallest absolute Gasteiger partial charge is 0.328 e. The molecule has 0 unspecified atom stereocenters. The number of carboxylic acids is 2. The van der Waals surface area contributed by atoms with Crippen LogP contribution in [0, 0.1) is 11.3 Å². The molecule has 0 radical (unpaired) electrons. The lowest BCUT2D eigenvalue weighted by atomic mass is 10.2. The molecule has 1 rings (SSSR count). The number of nitrogens with zero attached hydrogens (tertiary/aromatic N) is 1. The fraction of sp³-hybridized carbons (Fsp3) is 0. The summed E-state index contributed by atoms with van der Waals surface area (Å²) < 4.78 is 0. The minimum atomic E-state index is -1.26. The first kappa shape index (κ1) is 16.9. The van der Waals surface area contributed by atoms with Crippen LogP contribution in [0.5, 0.6) is 0 Å². The topological polar surface area (TPSA) is 98.4 Å². The van der Waals surface area contributed by atoms with E-state index in [1.54, 1.807) is 6.08 Å². The number of rotatable bonds is 4. The summed E-state index contributed by atoms with van der Waals surface area (Å²) in [6.45, 7) is 0. The molecule has 0 saturated carbocycles. The van der Waals surface area contributed by atoms with E-state index in [0.717, 1.165) is 5.56 Å². The fourth-order valence-corrected chi connectivity index (χ4v) is 0.972. The number of allylic oxidation sites excluding steroid dienone is 3. The molecule has 0 aliphatic carbocycles. The van der Waals surface area contributed by atoms with Crippen LogP contribution in [0.4, 0.5) is 0 Å². The first-order chi connectivity index (χ1) is 9.56. The molecular formula is C15H13NO4. The molecule has 0 aliphatic heterocycles. The van der Waals surface area contributed by atoms with Gasteiger partial charge in [0.2, 0.25) is 0 Å². The third kappa shape index (κ3) is 11.4. The second-order valence-electron chi connectivity index (χ2n) is 3.27. The van der Waals surface area contributed by atoms with Gasteiger partial charge in [-0.3, -0.25) is 0 Å². The molecular weight excluding hydrogens is 258 g/mol. The molecule has 0 amide bonds. The zero-order chi connectivity index (χ0) is 15.2. The summed E-state index contributed by atoms with van der Waals surface area (Å²) in [6.07, 6.45) is 8.07. The van der Waals surface area contributed by atoms with Gasteiger partial charge in [-0.05, 0) is 5.56 Å². The summed E-state index contributed by atoms with van der Waals surface area (Å²) in [4.78, 5) is 19.1. The average molecular weight is 271 g/mol. The summed E-state index contributed by atoms with van der Waals surface area (Å²) in [5.74, 6) is -2.51. The fourth-order valence-electron chi connectivity index (χ4n) is 0.972. The van der Waals surface area contributed by atoms with E-state index >= 15 is 0 Å². The van der Waals surface area contributed by atoms with Crippen molar-refractivity contribution in [3.63, 3.8) is 0 Å². The second-order valence-corrected chi connectivity index (χ2v) is 3.27. The van der Waals surface area contributed by atoms with Crippen LogP contribution in [-0.4, -0.2) is 22.2 Å². The Hall–Kier alpha value is -3.13. The zero-order valence-electron chi connectivity index (χ0n) is 10.5. The number of hydrogen-bond donors (Lipinski definition) is 2. The molecule has 0 heterocycles. The normalized spacial score (nSPS) is 10.2. The lowest BCUT2D eigenvalue weighted by Gasteiger charge is -1.87. The molecule has 0 fully saturated rings. The molecule has 0 atom stereocenters. The molecule has 5 nitrogen and oxygen atoms in total. The highest BCUT2D eigenvalue weighted by molar-refractivity contribution is 5.89. The average Bonchev–Trinajstić information content (AvgIpc) is 2.43. The maximum absolute atomic E-state index is 9.55. The molecule has 5 heteroatoms. The van der Waals surface area contributed by atoms with Crippen molar-refractivity contribution in [3.8, 4) is 6.07 Å². The number of nitriles is 1. The van der Waals surface area contributed by atoms with Crippen molar-refractivity contribution < 1.29 is 19.8 Å². The molecule has 0 aromatic heterocycles. The van der Waals surface area contributed by atoms with E-state index in [0.29, 0.717) is 12.2 Å².